The Morgan fingerprint density at radius 3 is 2.20 bits per heavy atom. The molecule has 2 nitrogen and oxygen atoms in total. The highest BCUT2D eigenvalue weighted by Crippen LogP contribution is 2.22. The highest BCUT2D eigenvalue weighted by molar-refractivity contribution is 5.17. The van der Waals surface area contributed by atoms with Crippen molar-refractivity contribution in [3.8, 4) is 0 Å². The maximum Gasteiger partial charge on any atom is 0.148 e. The molecule has 0 aliphatic heterocycles. The molecule has 106 valence electrons. The van der Waals surface area contributed by atoms with E-state index in [0.29, 0.717) is 13.4 Å². The summed E-state index contributed by atoms with van der Waals surface area (Å²) in [6.07, 6.45) is 2.23. The largest absolute Gasteiger partial charge is 0.351 e. The van der Waals surface area contributed by atoms with Crippen LogP contribution in [-0.4, -0.2) is 6.79 Å². The second-order valence-corrected chi connectivity index (χ2v) is 4.81. The van der Waals surface area contributed by atoms with Gasteiger partial charge in [0.2, 0.25) is 0 Å². The van der Waals surface area contributed by atoms with Gasteiger partial charge in [-0.05, 0) is 17.5 Å². The van der Waals surface area contributed by atoms with Crippen LogP contribution in [0.15, 0.2) is 60.7 Å². The lowest BCUT2D eigenvalue weighted by Crippen LogP contribution is -2.08. The van der Waals surface area contributed by atoms with E-state index in [4.69, 9.17) is 9.47 Å². The minimum Gasteiger partial charge on any atom is -0.351 e. The first-order chi connectivity index (χ1) is 9.90. The van der Waals surface area contributed by atoms with E-state index in [0.717, 1.165) is 12.8 Å². The average Bonchev–Trinajstić information content (AvgIpc) is 2.52. The third kappa shape index (κ3) is 4.80. The van der Waals surface area contributed by atoms with Crippen molar-refractivity contribution in [3.05, 3.63) is 71.8 Å². The topological polar surface area (TPSA) is 18.5 Å². The highest BCUT2D eigenvalue weighted by Gasteiger charge is 2.10. The first kappa shape index (κ1) is 14.8. The van der Waals surface area contributed by atoms with Gasteiger partial charge < -0.3 is 9.47 Å². The van der Waals surface area contributed by atoms with E-state index in [9.17, 15) is 0 Å². The van der Waals surface area contributed by atoms with Crippen molar-refractivity contribution in [2.75, 3.05) is 6.79 Å². The molecule has 0 bridgehead atoms. The molecule has 1 unspecified atom stereocenters. The molecule has 0 heterocycles. The Kier molecular flexibility index (Phi) is 6.28. The molecule has 0 aliphatic carbocycles. The summed E-state index contributed by atoms with van der Waals surface area (Å²) < 4.78 is 11.5. The maximum atomic E-state index is 5.87. The quantitative estimate of drug-likeness (QED) is 0.510. The molecule has 1 atom stereocenters. The predicted molar refractivity (Wildman–Crippen MR) is 81.3 cm³/mol. The minimum absolute atomic E-state index is 0.122. The highest BCUT2D eigenvalue weighted by atomic mass is 16.7. The van der Waals surface area contributed by atoms with E-state index in [2.05, 4.69) is 31.2 Å². The fourth-order valence-corrected chi connectivity index (χ4v) is 2.14. The summed E-state index contributed by atoms with van der Waals surface area (Å²) in [6, 6.07) is 20.5. The van der Waals surface area contributed by atoms with Crippen LogP contribution in [0.25, 0.3) is 0 Å². The van der Waals surface area contributed by atoms with Gasteiger partial charge in [0, 0.05) is 0 Å². The van der Waals surface area contributed by atoms with Gasteiger partial charge in [-0.1, -0.05) is 74.0 Å². The molecule has 0 saturated heterocycles. The molecule has 2 heteroatoms. The number of benzene rings is 2. The molecule has 0 N–H and O–H groups in total. The van der Waals surface area contributed by atoms with E-state index in [1.807, 2.05) is 36.4 Å². The summed E-state index contributed by atoms with van der Waals surface area (Å²) in [4.78, 5) is 0. The SMILES string of the molecule is CCCC(OCOCc1ccccc1)c1ccccc1. The lowest BCUT2D eigenvalue weighted by molar-refractivity contribution is -0.0997. The second kappa shape index (κ2) is 8.51. The Morgan fingerprint density at radius 1 is 0.900 bits per heavy atom. The van der Waals surface area contributed by atoms with Crippen LogP contribution in [0.4, 0.5) is 0 Å². The van der Waals surface area contributed by atoms with Crippen LogP contribution in [0.5, 0.6) is 0 Å². The fraction of sp³-hybridized carbons (Fsp3) is 0.333. The van der Waals surface area contributed by atoms with E-state index in [1.165, 1.54) is 11.1 Å². The van der Waals surface area contributed by atoms with Gasteiger partial charge in [-0.2, -0.15) is 0 Å². The second-order valence-electron chi connectivity index (χ2n) is 4.81. The Bertz CT molecular complexity index is 467. The number of rotatable bonds is 8. The number of ether oxygens (including phenoxy) is 2. The van der Waals surface area contributed by atoms with Crippen molar-refractivity contribution in [1.82, 2.24) is 0 Å². The van der Waals surface area contributed by atoms with E-state index in [-0.39, 0.29) is 6.10 Å². The Morgan fingerprint density at radius 2 is 1.55 bits per heavy atom. The summed E-state index contributed by atoms with van der Waals surface area (Å²) in [5, 5.41) is 0. The van der Waals surface area contributed by atoms with E-state index in [1.54, 1.807) is 0 Å². The molecule has 0 spiro atoms. The van der Waals surface area contributed by atoms with Crippen molar-refractivity contribution < 1.29 is 9.47 Å². The third-order valence-corrected chi connectivity index (χ3v) is 3.19. The smallest absolute Gasteiger partial charge is 0.148 e. The van der Waals surface area contributed by atoms with Crippen LogP contribution >= 0.6 is 0 Å². The first-order valence-corrected chi connectivity index (χ1v) is 7.18. The lowest BCUT2D eigenvalue weighted by atomic mass is 10.1. The van der Waals surface area contributed by atoms with Crippen LogP contribution in [0.2, 0.25) is 0 Å². The predicted octanol–water partition coefficient (Wildman–Crippen LogP) is 4.72. The summed E-state index contributed by atoms with van der Waals surface area (Å²) in [5.41, 5.74) is 2.39. The summed E-state index contributed by atoms with van der Waals surface area (Å²) >= 11 is 0. The molecule has 0 amide bonds. The molecule has 0 aliphatic rings. The van der Waals surface area contributed by atoms with E-state index < -0.39 is 0 Å². The van der Waals surface area contributed by atoms with Gasteiger partial charge >= 0.3 is 0 Å². The molecule has 0 radical (unpaired) electrons. The fourth-order valence-electron chi connectivity index (χ4n) is 2.14. The van der Waals surface area contributed by atoms with Crippen molar-refractivity contribution in [2.45, 2.75) is 32.5 Å². The van der Waals surface area contributed by atoms with Crippen LogP contribution in [0.3, 0.4) is 0 Å². The minimum atomic E-state index is 0.122. The molecular formula is C18H22O2. The van der Waals surface area contributed by atoms with Crippen molar-refractivity contribution >= 4 is 0 Å². The Labute approximate surface area is 121 Å². The number of hydrogen-bond donors (Lipinski definition) is 0. The van der Waals surface area contributed by atoms with Gasteiger partial charge in [-0.15, -0.1) is 0 Å². The maximum absolute atomic E-state index is 5.87. The Hall–Kier alpha value is -1.64. The van der Waals surface area contributed by atoms with Crippen LogP contribution < -0.4 is 0 Å². The monoisotopic (exact) mass is 270 g/mol. The molecule has 0 fully saturated rings. The normalized spacial score (nSPS) is 12.2. The lowest BCUT2D eigenvalue weighted by Gasteiger charge is -2.17. The van der Waals surface area contributed by atoms with Crippen molar-refractivity contribution in [2.24, 2.45) is 0 Å². The van der Waals surface area contributed by atoms with Crippen LogP contribution in [0.1, 0.15) is 37.0 Å². The Balaban J connectivity index is 1.78. The zero-order valence-corrected chi connectivity index (χ0v) is 12.0. The zero-order valence-electron chi connectivity index (χ0n) is 12.0. The van der Waals surface area contributed by atoms with Gasteiger partial charge in [0.25, 0.3) is 0 Å². The van der Waals surface area contributed by atoms with Crippen LogP contribution in [-0.2, 0) is 16.1 Å². The van der Waals surface area contributed by atoms with Gasteiger partial charge in [-0.3, -0.25) is 0 Å². The van der Waals surface area contributed by atoms with Gasteiger partial charge in [0.1, 0.15) is 6.79 Å². The first-order valence-electron chi connectivity index (χ1n) is 7.18. The van der Waals surface area contributed by atoms with Crippen molar-refractivity contribution in [3.63, 3.8) is 0 Å². The molecule has 20 heavy (non-hydrogen) atoms. The summed E-state index contributed by atoms with van der Waals surface area (Å²) in [7, 11) is 0. The summed E-state index contributed by atoms with van der Waals surface area (Å²) in [5.74, 6) is 0. The van der Waals surface area contributed by atoms with Crippen LogP contribution in [0, 0.1) is 0 Å². The van der Waals surface area contributed by atoms with Gasteiger partial charge in [-0.25, -0.2) is 0 Å². The zero-order chi connectivity index (χ0) is 14.0. The molecule has 2 aromatic rings. The summed E-state index contributed by atoms with van der Waals surface area (Å²) in [6.45, 7) is 3.09. The van der Waals surface area contributed by atoms with Gasteiger partial charge in [0.15, 0.2) is 0 Å². The molecular weight excluding hydrogens is 248 g/mol. The molecule has 0 saturated carbocycles. The standard InChI is InChI=1S/C18H22O2/c1-2-9-18(17-12-7-4-8-13-17)20-15-19-14-16-10-5-3-6-11-16/h3-8,10-13,18H,2,9,14-15H2,1H3. The molecule has 2 rings (SSSR count). The third-order valence-electron chi connectivity index (χ3n) is 3.19. The van der Waals surface area contributed by atoms with E-state index >= 15 is 0 Å². The number of hydrogen-bond acceptors (Lipinski definition) is 2. The molecule has 2 aromatic carbocycles. The average molecular weight is 270 g/mol. The molecule has 0 aromatic heterocycles. The van der Waals surface area contributed by atoms with Crippen molar-refractivity contribution in [1.29, 1.82) is 0 Å². The van der Waals surface area contributed by atoms with Gasteiger partial charge in [0.05, 0.1) is 12.7 Å².